The molecule has 0 saturated heterocycles. The van der Waals surface area contributed by atoms with E-state index < -0.39 is 0 Å². The quantitative estimate of drug-likeness (QED) is 0.551. The summed E-state index contributed by atoms with van der Waals surface area (Å²) in [5, 5.41) is 0. The van der Waals surface area contributed by atoms with Crippen LogP contribution >= 0.6 is 0 Å². The number of hydrogen-bond donors (Lipinski definition) is 0. The molecule has 0 aromatic heterocycles. The molecule has 80 valence electrons. The highest BCUT2D eigenvalue weighted by atomic mass is 14.2. The summed E-state index contributed by atoms with van der Waals surface area (Å²) in [6.45, 7) is 14.1. The molecule has 13 heavy (non-hydrogen) atoms. The Bertz CT molecular complexity index is 106. The van der Waals surface area contributed by atoms with Gasteiger partial charge in [-0.2, -0.15) is 0 Å². The minimum absolute atomic E-state index is 0.564. The molecule has 0 radical (unpaired) electrons. The second-order valence-corrected chi connectivity index (χ2v) is 6.03. The van der Waals surface area contributed by atoms with E-state index in [9.17, 15) is 0 Å². The van der Waals surface area contributed by atoms with Crippen LogP contribution in [-0.2, 0) is 0 Å². The largest absolute Gasteiger partial charge is 0.0628 e. The molecule has 0 rings (SSSR count). The summed E-state index contributed by atoms with van der Waals surface area (Å²) in [6.07, 6.45) is 5.53. The van der Waals surface area contributed by atoms with Crippen molar-refractivity contribution in [1.82, 2.24) is 0 Å². The molecule has 0 aromatic rings. The van der Waals surface area contributed by atoms with Gasteiger partial charge < -0.3 is 0 Å². The van der Waals surface area contributed by atoms with Gasteiger partial charge in [0.05, 0.1) is 0 Å². The molecule has 0 fully saturated rings. The Balaban J connectivity index is 3.66. The minimum atomic E-state index is 0.564. The predicted molar refractivity (Wildman–Crippen MR) is 61.9 cm³/mol. The van der Waals surface area contributed by atoms with Crippen LogP contribution in [0.3, 0.4) is 0 Å². The lowest BCUT2D eigenvalue weighted by Crippen LogP contribution is -2.13. The molecule has 0 spiro atoms. The van der Waals surface area contributed by atoms with Gasteiger partial charge in [0, 0.05) is 0 Å². The zero-order valence-electron chi connectivity index (χ0n) is 10.5. The molecular weight excluding hydrogens is 156 g/mol. The standard InChI is InChI=1S/C13H28/c1-11(2)7-9-13(5,6)10-8-12(3)4/h11-12H,7-10H2,1-6H3. The Kier molecular flexibility index (Phi) is 5.67. The molecule has 0 heterocycles. The summed E-state index contributed by atoms with van der Waals surface area (Å²) in [6, 6.07) is 0. The zero-order chi connectivity index (χ0) is 10.5. The Morgan fingerprint density at radius 3 is 1.31 bits per heavy atom. The van der Waals surface area contributed by atoms with Gasteiger partial charge in [0.1, 0.15) is 0 Å². The van der Waals surface area contributed by atoms with Gasteiger partial charge in [-0.3, -0.25) is 0 Å². The van der Waals surface area contributed by atoms with Crippen LogP contribution in [0.4, 0.5) is 0 Å². The summed E-state index contributed by atoms with van der Waals surface area (Å²) in [7, 11) is 0. The van der Waals surface area contributed by atoms with Crippen molar-refractivity contribution in [2.24, 2.45) is 17.3 Å². The second-order valence-electron chi connectivity index (χ2n) is 6.03. The van der Waals surface area contributed by atoms with E-state index in [1.54, 1.807) is 0 Å². The van der Waals surface area contributed by atoms with Crippen molar-refractivity contribution < 1.29 is 0 Å². The van der Waals surface area contributed by atoms with Gasteiger partial charge in [0.25, 0.3) is 0 Å². The number of hydrogen-bond acceptors (Lipinski definition) is 0. The molecular formula is C13H28. The van der Waals surface area contributed by atoms with Crippen LogP contribution in [-0.4, -0.2) is 0 Å². The molecule has 0 aliphatic heterocycles. The highest BCUT2D eigenvalue weighted by Gasteiger charge is 2.17. The Hall–Kier alpha value is 0. The van der Waals surface area contributed by atoms with Gasteiger partial charge in [-0.15, -0.1) is 0 Å². The first kappa shape index (κ1) is 13.0. The molecule has 0 aromatic carbocycles. The van der Waals surface area contributed by atoms with Crippen LogP contribution in [0.25, 0.3) is 0 Å². The van der Waals surface area contributed by atoms with Crippen molar-refractivity contribution in [2.45, 2.75) is 67.2 Å². The van der Waals surface area contributed by atoms with Crippen molar-refractivity contribution in [3.05, 3.63) is 0 Å². The van der Waals surface area contributed by atoms with E-state index in [2.05, 4.69) is 41.5 Å². The van der Waals surface area contributed by atoms with E-state index in [4.69, 9.17) is 0 Å². The molecule has 0 amide bonds. The van der Waals surface area contributed by atoms with Gasteiger partial charge in [-0.25, -0.2) is 0 Å². The van der Waals surface area contributed by atoms with E-state index in [0.29, 0.717) is 5.41 Å². The Labute approximate surface area is 85.1 Å². The van der Waals surface area contributed by atoms with E-state index in [0.717, 1.165) is 11.8 Å². The normalized spacial score (nSPS) is 12.9. The molecule has 0 heteroatoms. The third-order valence-corrected chi connectivity index (χ3v) is 2.80. The Morgan fingerprint density at radius 1 is 0.769 bits per heavy atom. The average molecular weight is 184 g/mol. The van der Waals surface area contributed by atoms with Crippen LogP contribution in [0.2, 0.25) is 0 Å². The van der Waals surface area contributed by atoms with Crippen molar-refractivity contribution in [3.63, 3.8) is 0 Å². The topological polar surface area (TPSA) is 0 Å². The molecule has 0 aliphatic carbocycles. The maximum Gasteiger partial charge on any atom is -0.0354 e. The third-order valence-electron chi connectivity index (χ3n) is 2.80. The smallest absolute Gasteiger partial charge is 0.0354 e. The van der Waals surface area contributed by atoms with E-state index in [1.165, 1.54) is 25.7 Å². The fourth-order valence-electron chi connectivity index (χ4n) is 1.48. The summed E-state index contributed by atoms with van der Waals surface area (Å²) in [5.74, 6) is 1.72. The van der Waals surface area contributed by atoms with Crippen molar-refractivity contribution in [3.8, 4) is 0 Å². The summed E-state index contributed by atoms with van der Waals surface area (Å²) >= 11 is 0. The lowest BCUT2D eigenvalue weighted by atomic mass is 9.80. The second kappa shape index (κ2) is 5.67. The van der Waals surface area contributed by atoms with Crippen LogP contribution in [0.1, 0.15) is 67.2 Å². The summed E-state index contributed by atoms with van der Waals surface area (Å²) < 4.78 is 0. The Morgan fingerprint density at radius 2 is 1.08 bits per heavy atom. The van der Waals surface area contributed by atoms with Gasteiger partial charge >= 0.3 is 0 Å². The first-order chi connectivity index (χ1) is 5.83. The van der Waals surface area contributed by atoms with Gasteiger partial charge in [-0.05, 0) is 30.1 Å². The monoisotopic (exact) mass is 184 g/mol. The van der Waals surface area contributed by atoms with Crippen LogP contribution in [0.15, 0.2) is 0 Å². The molecule has 0 nitrogen and oxygen atoms in total. The molecule has 0 unspecified atom stereocenters. The maximum atomic E-state index is 2.41. The summed E-state index contributed by atoms with van der Waals surface area (Å²) in [4.78, 5) is 0. The van der Waals surface area contributed by atoms with Gasteiger partial charge in [0.15, 0.2) is 0 Å². The average Bonchev–Trinajstić information content (AvgIpc) is 1.98. The van der Waals surface area contributed by atoms with Gasteiger partial charge in [0.2, 0.25) is 0 Å². The highest BCUT2D eigenvalue weighted by molar-refractivity contribution is 4.70. The van der Waals surface area contributed by atoms with Crippen molar-refractivity contribution in [1.29, 1.82) is 0 Å². The van der Waals surface area contributed by atoms with Crippen LogP contribution in [0.5, 0.6) is 0 Å². The molecule has 0 saturated carbocycles. The minimum Gasteiger partial charge on any atom is -0.0628 e. The third kappa shape index (κ3) is 8.33. The maximum absolute atomic E-state index is 2.41. The van der Waals surface area contributed by atoms with E-state index in [-0.39, 0.29) is 0 Å². The van der Waals surface area contributed by atoms with E-state index >= 15 is 0 Å². The SMILES string of the molecule is CC(C)CCC(C)(C)CCC(C)C. The van der Waals surface area contributed by atoms with Gasteiger partial charge in [-0.1, -0.05) is 54.4 Å². The van der Waals surface area contributed by atoms with Crippen molar-refractivity contribution >= 4 is 0 Å². The highest BCUT2D eigenvalue weighted by Crippen LogP contribution is 2.31. The summed E-state index contributed by atoms with van der Waals surface area (Å²) in [5.41, 5.74) is 0.564. The zero-order valence-corrected chi connectivity index (χ0v) is 10.5. The molecule has 0 bridgehead atoms. The molecule has 0 atom stereocenters. The lowest BCUT2D eigenvalue weighted by Gasteiger charge is -2.26. The van der Waals surface area contributed by atoms with E-state index in [1.807, 2.05) is 0 Å². The fourth-order valence-corrected chi connectivity index (χ4v) is 1.48. The molecule has 0 N–H and O–H groups in total. The van der Waals surface area contributed by atoms with Crippen LogP contribution < -0.4 is 0 Å². The first-order valence-electron chi connectivity index (χ1n) is 5.83. The fraction of sp³-hybridized carbons (Fsp3) is 1.00. The van der Waals surface area contributed by atoms with Crippen molar-refractivity contribution in [2.75, 3.05) is 0 Å². The number of rotatable bonds is 6. The lowest BCUT2D eigenvalue weighted by molar-refractivity contribution is 0.261. The first-order valence-corrected chi connectivity index (χ1v) is 5.83. The van der Waals surface area contributed by atoms with Crippen LogP contribution in [0, 0.1) is 17.3 Å². The molecule has 0 aliphatic rings. The predicted octanol–water partition coefficient (Wildman–Crippen LogP) is 4.89.